The van der Waals surface area contributed by atoms with Gasteiger partial charge in [-0.05, 0) is 106 Å². The summed E-state index contributed by atoms with van der Waals surface area (Å²) in [5.74, 6) is 0. The largest absolute Gasteiger partial charge is 0.0795 e. The molecule has 0 fully saturated rings. The van der Waals surface area contributed by atoms with Crippen LogP contribution in [0.4, 0.5) is 0 Å². The zero-order chi connectivity index (χ0) is 30.0. The molecule has 9 aromatic rings. The zero-order valence-corrected chi connectivity index (χ0v) is 25.0. The summed E-state index contributed by atoms with van der Waals surface area (Å²) in [7, 11) is 0. The number of benzene rings is 9. The normalized spacial score (nSPS) is 11.8. The molecular weight excluding hydrogens is 540 g/mol. The van der Waals surface area contributed by atoms with Crippen molar-refractivity contribution in [1.82, 2.24) is 0 Å². The van der Waals surface area contributed by atoms with Crippen LogP contribution in [0.1, 0.15) is 11.1 Å². The van der Waals surface area contributed by atoms with E-state index < -0.39 is 0 Å². The van der Waals surface area contributed by atoms with Gasteiger partial charge in [0.15, 0.2) is 0 Å². The van der Waals surface area contributed by atoms with Gasteiger partial charge in [0.2, 0.25) is 0 Å². The number of fused-ring (bicyclic) bond motifs is 6. The van der Waals surface area contributed by atoms with Crippen LogP contribution in [-0.4, -0.2) is 0 Å². The predicted molar refractivity (Wildman–Crippen MR) is 197 cm³/mol. The maximum absolute atomic E-state index is 2.27. The minimum Gasteiger partial charge on any atom is -0.0795 e. The fraction of sp³-hybridized carbons (Fsp3) is 0.0222. The van der Waals surface area contributed by atoms with Gasteiger partial charge in [-0.25, -0.2) is 0 Å². The average Bonchev–Trinajstić information content (AvgIpc) is 3.11. The van der Waals surface area contributed by atoms with Crippen LogP contribution in [-0.2, 0) is 6.42 Å². The van der Waals surface area contributed by atoms with Crippen LogP contribution in [0.15, 0.2) is 176 Å². The number of hydrogen-bond acceptors (Lipinski definition) is 0. The molecular formula is C45H32. The summed E-state index contributed by atoms with van der Waals surface area (Å²) in [6.45, 7) is 0. The first-order valence-electron chi connectivity index (χ1n) is 15.7. The molecule has 9 aromatic carbocycles. The van der Waals surface area contributed by atoms with Crippen molar-refractivity contribution in [3.8, 4) is 0 Å². The van der Waals surface area contributed by atoms with E-state index in [-0.39, 0.29) is 0 Å². The van der Waals surface area contributed by atoms with Gasteiger partial charge >= 0.3 is 0 Å². The fourth-order valence-corrected chi connectivity index (χ4v) is 6.66. The molecule has 0 saturated carbocycles. The summed E-state index contributed by atoms with van der Waals surface area (Å²) in [5, 5.41) is 15.9. The minimum atomic E-state index is 1.08. The van der Waals surface area contributed by atoms with E-state index >= 15 is 0 Å². The first-order valence-corrected chi connectivity index (χ1v) is 15.7. The molecule has 45 heavy (non-hydrogen) atoms. The third-order valence-electron chi connectivity index (χ3n) is 8.88. The molecule has 0 N–H and O–H groups in total. The van der Waals surface area contributed by atoms with Crippen molar-refractivity contribution in [3.63, 3.8) is 0 Å². The van der Waals surface area contributed by atoms with Crippen molar-refractivity contribution in [2.45, 2.75) is 6.42 Å². The predicted octanol–water partition coefficient (Wildman–Crippen LogP) is 12.5. The first kappa shape index (κ1) is 26.9. The maximum atomic E-state index is 2.27. The molecule has 212 valence electrons. The molecule has 0 aromatic heterocycles. The topological polar surface area (TPSA) is 0 Å². The third kappa shape index (κ3) is 5.32. The molecule has 0 heterocycles. The SMILES string of the molecule is C1=Cc2cccc3cccc(c23)C1.c1ccc2c(c1)ccc1ccccc12.c1ccc2cc3cc4ccccc4cc3cc2c1. The average molecular weight is 573 g/mol. The second kappa shape index (κ2) is 11.8. The van der Waals surface area contributed by atoms with Crippen LogP contribution < -0.4 is 0 Å². The molecule has 0 saturated heterocycles. The van der Waals surface area contributed by atoms with Gasteiger partial charge in [0, 0.05) is 0 Å². The lowest BCUT2D eigenvalue weighted by Crippen LogP contribution is -1.91. The van der Waals surface area contributed by atoms with Crippen molar-refractivity contribution in [3.05, 3.63) is 187 Å². The van der Waals surface area contributed by atoms with Gasteiger partial charge in [0.25, 0.3) is 0 Å². The number of hydrogen-bond donors (Lipinski definition) is 0. The van der Waals surface area contributed by atoms with Gasteiger partial charge in [-0.3, -0.25) is 0 Å². The Balaban J connectivity index is 0.000000102. The Bertz CT molecular complexity index is 2310. The third-order valence-corrected chi connectivity index (χ3v) is 8.88. The lowest BCUT2D eigenvalue weighted by atomic mass is 9.93. The fourth-order valence-electron chi connectivity index (χ4n) is 6.66. The van der Waals surface area contributed by atoms with Crippen molar-refractivity contribution < 1.29 is 0 Å². The van der Waals surface area contributed by atoms with Crippen molar-refractivity contribution in [1.29, 1.82) is 0 Å². The second-order valence-corrected chi connectivity index (χ2v) is 11.7. The zero-order valence-electron chi connectivity index (χ0n) is 25.0. The molecule has 0 radical (unpaired) electrons. The Kier molecular flexibility index (Phi) is 7.02. The van der Waals surface area contributed by atoms with E-state index in [9.17, 15) is 0 Å². The van der Waals surface area contributed by atoms with Gasteiger partial charge in [0.05, 0.1) is 0 Å². The van der Waals surface area contributed by atoms with E-state index in [1.165, 1.54) is 75.8 Å². The smallest absolute Gasteiger partial charge is 0.00763 e. The van der Waals surface area contributed by atoms with E-state index in [4.69, 9.17) is 0 Å². The lowest BCUT2D eigenvalue weighted by Gasteiger charge is -2.11. The van der Waals surface area contributed by atoms with Crippen LogP contribution in [0, 0.1) is 0 Å². The first-order chi connectivity index (χ1) is 22.3. The summed E-state index contributed by atoms with van der Waals surface area (Å²) in [5.41, 5.74) is 2.81. The molecule has 0 nitrogen and oxygen atoms in total. The molecule has 0 aliphatic heterocycles. The summed E-state index contributed by atoms with van der Waals surface area (Å²) in [6, 6.07) is 60.5. The van der Waals surface area contributed by atoms with Crippen LogP contribution in [0.3, 0.4) is 0 Å². The van der Waals surface area contributed by atoms with Gasteiger partial charge < -0.3 is 0 Å². The Labute approximate surface area is 263 Å². The molecule has 1 aliphatic rings. The van der Waals surface area contributed by atoms with Gasteiger partial charge in [-0.2, -0.15) is 0 Å². The van der Waals surface area contributed by atoms with Crippen molar-refractivity contribution in [2.24, 2.45) is 0 Å². The Morgan fingerprint density at radius 3 is 1.24 bits per heavy atom. The highest BCUT2D eigenvalue weighted by Crippen LogP contribution is 2.29. The lowest BCUT2D eigenvalue weighted by molar-refractivity contribution is 1.29. The molecule has 1 aliphatic carbocycles. The van der Waals surface area contributed by atoms with Crippen molar-refractivity contribution >= 4 is 70.7 Å². The summed E-state index contributed by atoms with van der Waals surface area (Å²) < 4.78 is 0. The van der Waals surface area contributed by atoms with E-state index in [1.54, 1.807) is 0 Å². The Morgan fingerprint density at radius 1 is 0.311 bits per heavy atom. The van der Waals surface area contributed by atoms with Crippen LogP contribution >= 0.6 is 0 Å². The Hall–Kier alpha value is -5.72. The second-order valence-electron chi connectivity index (χ2n) is 11.7. The quantitative estimate of drug-likeness (QED) is 0.125. The summed E-state index contributed by atoms with van der Waals surface area (Å²) in [4.78, 5) is 0. The standard InChI is InChI=1S/C18H12.C14H10.C13H10/c1-2-6-14-10-18-12-16-8-4-3-7-15(16)11-17(18)9-13(14)5-1;1-3-7-13-11(5-1)9-10-12-6-2-4-8-14(12)13;1-4-10-6-2-8-12-9-3-7-11(5-1)13(10)12/h1-12H;1-10H;1-8H,9H2. The van der Waals surface area contributed by atoms with Gasteiger partial charge in [0.1, 0.15) is 0 Å². The molecule has 0 heteroatoms. The van der Waals surface area contributed by atoms with Gasteiger partial charge in [-0.15, -0.1) is 0 Å². The van der Waals surface area contributed by atoms with E-state index in [0.717, 1.165) is 6.42 Å². The monoisotopic (exact) mass is 572 g/mol. The molecule has 0 unspecified atom stereocenters. The van der Waals surface area contributed by atoms with Crippen molar-refractivity contribution in [2.75, 3.05) is 0 Å². The van der Waals surface area contributed by atoms with E-state index in [0.29, 0.717) is 0 Å². The molecule has 10 rings (SSSR count). The molecule has 0 amide bonds. The summed E-state index contributed by atoms with van der Waals surface area (Å²) >= 11 is 0. The van der Waals surface area contributed by atoms with Crippen LogP contribution in [0.5, 0.6) is 0 Å². The van der Waals surface area contributed by atoms with Crippen LogP contribution in [0.25, 0.3) is 70.7 Å². The highest BCUT2D eigenvalue weighted by Gasteiger charge is 2.06. The van der Waals surface area contributed by atoms with E-state index in [1.807, 2.05) is 0 Å². The number of allylic oxidation sites excluding steroid dienone is 1. The molecule has 0 spiro atoms. The Morgan fingerprint density at radius 2 is 0.733 bits per heavy atom. The number of rotatable bonds is 0. The highest BCUT2D eigenvalue weighted by atomic mass is 14.1. The van der Waals surface area contributed by atoms with E-state index in [2.05, 4.69) is 182 Å². The summed E-state index contributed by atoms with van der Waals surface area (Å²) in [6.07, 6.45) is 5.53. The highest BCUT2D eigenvalue weighted by molar-refractivity contribution is 6.07. The molecule has 0 bridgehead atoms. The minimum absolute atomic E-state index is 1.08. The maximum Gasteiger partial charge on any atom is -0.00763 e. The van der Waals surface area contributed by atoms with Crippen LogP contribution in [0.2, 0.25) is 0 Å². The van der Waals surface area contributed by atoms with Gasteiger partial charge in [-0.1, -0.05) is 158 Å². The molecule has 0 atom stereocenters.